The smallest absolute Gasteiger partial charge is 0.318 e. The van der Waals surface area contributed by atoms with Crippen molar-refractivity contribution >= 4 is 11.9 Å². The molecule has 6 heteroatoms. The highest BCUT2D eigenvalue weighted by atomic mass is 16.6. The highest BCUT2D eigenvalue weighted by Gasteiger charge is 2.34. The van der Waals surface area contributed by atoms with Gasteiger partial charge in [0.05, 0.1) is 12.7 Å². The van der Waals surface area contributed by atoms with Gasteiger partial charge in [0, 0.05) is 6.04 Å². The molecule has 0 aliphatic carbocycles. The highest BCUT2D eigenvalue weighted by molar-refractivity contribution is 5.80. The van der Waals surface area contributed by atoms with Crippen molar-refractivity contribution < 1.29 is 23.8 Å². The lowest BCUT2D eigenvalue weighted by atomic mass is 9.95. The van der Waals surface area contributed by atoms with E-state index in [0.717, 1.165) is 0 Å². The third-order valence-corrected chi connectivity index (χ3v) is 2.35. The first-order valence-electron chi connectivity index (χ1n) is 5.94. The molecule has 19 heavy (non-hydrogen) atoms. The van der Waals surface area contributed by atoms with Crippen molar-refractivity contribution in [3.05, 3.63) is 24.2 Å². The molecule has 0 bridgehead atoms. The lowest BCUT2D eigenvalue weighted by Crippen LogP contribution is -2.39. The van der Waals surface area contributed by atoms with Crippen LogP contribution >= 0.6 is 0 Å². The van der Waals surface area contributed by atoms with Gasteiger partial charge in [-0.25, -0.2) is 0 Å². The minimum Gasteiger partial charge on any atom is -0.481 e. The summed E-state index contributed by atoms with van der Waals surface area (Å²) in [5, 5.41) is 8.78. The largest absolute Gasteiger partial charge is 0.481 e. The number of carbonyl (C=O) groups is 2. The van der Waals surface area contributed by atoms with Gasteiger partial charge in [0.2, 0.25) is 0 Å². The van der Waals surface area contributed by atoms with Crippen molar-refractivity contribution in [3.8, 4) is 0 Å². The molecule has 0 aliphatic heterocycles. The molecule has 1 aromatic heterocycles. The van der Waals surface area contributed by atoms with E-state index in [4.69, 9.17) is 20.0 Å². The molecule has 0 fully saturated rings. The van der Waals surface area contributed by atoms with E-state index in [2.05, 4.69) is 0 Å². The number of esters is 1. The standard InChI is InChI=1S/C13H19NO5/c1-13(2,3)19-12(17)11(8(14)7-10(15)16)9-5-4-6-18-9/h4-6,8,11H,7,14H2,1-3H3,(H,15,16)/t8-,11-/m1/s1. The fourth-order valence-corrected chi connectivity index (χ4v) is 1.65. The number of carbonyl (C=O) groups excluding carboxylic acids is 1. The number of carboxylic acids is 1. The Balaban J connectivity index is 2.93. The van der Waals surface area contributed by atoms with Crippen molar-refractivity contribution in [2.24, 2.45) is 5.73 Å². The van der Waals surface area contributed by atoms with Crippen molar-refractivity contribution in [1.82, 2.24) is 0 Å². The number of furan rings is 1. The fraction of sp³-hybridized carbons (Fsp3) is 0.538. The van der Waals surface area contributed by atoms with E-state index in [1.165, 1.54) is 6.26 Å². The SMILES string of the molecule is CC(C)(C)OC(=O)[C@@H](c1ccco1)[C@H](N)CC(=O)O. The van der Waals surface area contributed by atoms with Crippen LogP contribution in [0.5, 0.6) is 0 Å². The maximum atomic E-state index is 12.1. The molecular formula is C13H19NO5. The zero-order valence-electron chi connectivity index (χ0n) is 11.3. The van der Waals surface area contributed by atoms with Crippen LogP contribution in [-0.2, 0) is 14.3 Å². The molecule has 0 aromatic carbocycles. The lowest BCUT2D eigenvalue weighted by molar-refractivity contribution is -0.158. The Morgan fingerprint density at radius 2 is 2.11 bits per heavy atom. The van der Waals surface area contributed by atoms with E-state index in [9.17, 15) is 9.59 Å². The van der Waals surface area contributed by atoms with Crippen LogP contribution in [0.25, 0.3) is 0 Å². The molecule has 1 aromatic rings. The summed E-state index contributed by atoms with van der Waals surface area (Å²) in [6.45, 7) is 5.19. The van der Waals surface area contributed by atoms with Gasteiger partial charge in [-0.3, -0.25) is 9.59 Å². The molecule has 2 atom stereocenters. The van der Waals surface area contributed by atoms with E-state index >= 15 is 0 Å². The summed E-state index contributed by atoms with van der Waals surface area (Å²) in [7, 11) is 0. The van der Waals surface area contributed by atoms with Crippen LogP contribution in [0.1, 0.15) is 38.9 Å². The summed E-state index contributed by atoms with van der Waals surface area (Å²) in [5.41, 5.74) is 5.11. The molecule has 0 unspecified atom stereocenters. The van der Waals surface area contributed by atoms with Crippen LogP contribution in [0.3, 0.4) is 0 Å². The van der Waals surface area contributed by atoms with E-state index in [-0.39, 0.29) is 6.42 Å². The molecule has 6 nitrogen and oxygen atoms in total. The molecule has 0 aliphatic rings. The van der Waals surface area contributed by atoms with Gasteiger partial charge >= 0.3 is 11.9 Å². The van der Waals surface area contributed by atoms with Crippen molar-refractivity contribution in [2.75, 3.05) is 0 Å². The number of aliphatic carboxylic acids is 1. The second-order valence-corrected chi connectivity index (χ2v) is 5.29. The Bertz CT molecular complexity index is 432. The first kappa shape index (κ1) is 15.2. The molecule has 1 heterocycles. The van der Waals surface area contributed by atoms with Gasteiger partial charge in [-0.2, -0.15) is 0 Å². The van der Waals surface area contributed by atoms with Crippen LogP contribution in [-0.4, -0.2) is 28.7 Å². The first-order chi connectivity index (χ1) is 8.70. The van der Waals surface area contributed by atoms with E-state index < -0.39 is 29.5 Å². The van der Waals surface area contributed by atoms with Gasteiger partial charge in [-0.1, -0.05) is 0 Å². The van der Waals surface area contributed by atoms with Crippen LogP contribution in [0.15, 0.2) is 22.8 Å². The average Bonchev–Trinajstić information content (AvgIpc) is 2.66. The molecular weight excluding hydrogens is 250 g/mol. The number of rotatable bonds is 5. The molecule has 0 saturated carbocycles. The molecule has 106 valence electrons. The van der Waals surface area contributed by atoms with Crippen LogP contribution in [0.4, 0.5) is 0 Å². The summed E-state index contributed by atoms with van der Waals surface area (Å²) in [6, 6.07) is 2.29. The average molecular weight is 269 g/mol. The Labute approximate surface area is 111 Å². The zero-order valence-corrected chi connectivity index (χ0v) is 11.3. The summed E-state index contributed by atoms with van der Waals surface area (Å²) in [6.07, 6.45) is 1.06. The van der Waals surface area contributed by atoms with Gasteiger partial charge in [0.1, 0.15) is 17.3 Å². The van der Waals surface area contributed by atoms with Gasteiger partial charge in [-0.15, -0.1) is 0 Å². The second-order valence-electron chi connectivity index (χ2n) is 5.29. The Morgan fingerprint density at radius 3 is 2.53 bits per heavy atom. The molecule has 1 rings (SSSR count). The predicted molar refractivity (Wildman–Crippen MR) is 67.5 cm³/mol. The molecule has 0 spiro atoms. The first-order valence-corrected chi connectivity index (χ1v) is 5.94. The third kappa shape index (κ3) is 4.75. The monoisotopic (exact) mass is 269 g/mol. The van der Waals surface area contributed by atoms with E-state index in [1.54, 1.807) is 32.9 Å². The number of ether oxygens (including phenoxy) is 1. The number of nitrogens with two attached hydrogens (primary N) is 1. The number of carboxylic acid groups (broad SMARTS) is 1. The summed E-state index contributed by atoms with van der Waals surface area (Å²) in [5.74, 6) is -2.28. The Kier molecular flexibility index (Phi) is 4.72. The quantitative estimate of drug-likeness (QED) is 0.785. The summed E-state index contributed by atoms with van der Waals surface area (Å²) in [4.78, 5) is 22.9. The van der Waals surface area contributed by atoms with E-state index in [0.29, 0.717) is 5.76 Å². The normalized spacial score (nSPS) is 14.7. The predicted octanol–water partition coefficient (Wildman–Crippen LogP) is 1.51. The lowest BCUT2D eigenvalue weighted by Gasteiger charge is -2.25. The summed E-state index contributed by atoms with van der Waals surface area (Å²) < 4.78 is 10.4. The topological polar surface area (TPSA) is 103 Å². The second kappa shape index (κ2) is 5.88. The molecule has 3 N–H and O–H groups in total. The highest BCUT2D eigenvalue weighted by Crippen LogP contribution is 2.25. The zero-order chi connectivity index (χ0) is 14.6. The van der Waals surface area contributed by atoms with Crippen molar-refractivity contribution in [2.45, 2.75) is 44.8 Å². The third-order valence-electron chi connectivity index (χ3n) is 2.35. The van der Waals surface area contributed by atoms with E-state index in [1.807, 2.05) is 0 Å². The minimum absolute atomic E-state index is 0.308. The minimum atomic E-state index is -1.08. The van der Waals surface area contributed by atoms with Crippen LogP contribution in [0, 0.1) is 0 Å². The summed E-state index contributed by atoms with van der Waals surface area (Å²) >= 11 is 0. The van der Waals surface area contributed by atoms with Crippen LogP contribution < -0.4 is 5.73 Å². The van der Waals surface area contributed by atoms with Gasteiger partial charge in [0.15, 0.2) is 0 Å². The number of hydrogen-bond donors (Lipinski definition) is 2. The molecule has 0 radical (unpaired) electrons. The van der Waals surface area contributed by atoms with Gasteiger partial charge in [-0.05, 0) is 32.9 Å². The van der Waals surface area contributed by atoms with Crippen molar-refractivity contribution in [1.29, 1.82) is 0 Å². The maximum Gasteiger partial charge on any atom is 0.318 e. The number of hydrogen-bond acceptors (Lipinski definition) is 5. The molecule has 0 saturated heterocycles. The Morgan fingerprint density at radius 1 is 1.47 bits per heavy atom. The van der Waals surface area contributed by atoms with Gasteiger partial charge < -0.3 is 20.0 Å². The molecule has 0 amide bonds. The van der Waals surface area contributed by atoms with Crippen LogP contribution in [0.2, 0.25) is 0 Å². The Hall–Kier alpha value is -1.82. The van der Waals surface area contributed by atoms with Gasteiger partial charge in [0.25, 0.3) is 0 Å². The van der Waals surface area contributed by atoms with Crippen molar-refractivity contribution in [3.63, 3.8) is 0 Å². The maximum absolute atomic E-state index is 12.1. The fourth-order valence-electron chi connectivity index (χ4n) is 1.65.